The summed E-state index contributed by atoms with van der Waals surface area (Å²) in [6.07, 6.45) is 0. The van der Waals surface area contributed by atoms with Crippen LogP contribution in [0, 0.1) is 6.92 Å². The summed E-state index contributed by atoms with van der Waals surface area (Å²) >= 11 is 9.20. The van der Waals surface area contributed by atoms with Crippen molar-refractivity contribution in [1.29, 1.82) is 0 Å². The number of amides is 2. The SMILES string of the molecule is Cc1cccc(NC(=O)Nc2ccc(Cl)c(Br)c2)c1. The molecule has 2 aromatic rings. The van der Waals surface area contributed by atoms with Crippen LogP contribution in [0.4, 0.5) is 16.2 Å². The fourth-order valence-corrected chi connectivity index (χ4v) is 2.09. The van der Waals surface area contributed by atoms with Crippen molar-refractivity contribution in [3.05, 3.63) is 57.5 Å². The van der Waals surface area contributed by atoms with Gasteiger partial charge in [0.1, 0.15) is 0 Å². The van der Waals surface area contributed by atoms with Gasteiger partial charge in [-0.1, -0.05) is 23.7 Å². The molecule has 0 saturated heterocycles. The molecule has 2 rings (SSSR count). The van der Waals surface area contributed by atoms with E-state index >= 15 is 0 Å². The number of benzene rings is 2. The molecule has 0 atom stereocenters. The maximum absolute atomic E-state index is 11.8. The third kappa shape index (κ3) is 3.98. The first-order chi connectivity index (χ1) is 9.04. The molecule has 0 bridgehead atoms. The van der Waals surface area contributed by atoms with Gasteiger partial charge in [-0.15, -0.1) is 0 Å². The molecule has 3 nitrogen and oxygen atoms in total. The molecule has 0 aromatic heterocycles. The Morgan fingerprint density at radius 3 is 2.42 bits per heavy atom. The molecular weight excluding hydrogens is 328 g/mol. The van der Waals surface area contributed by atoms with Crippen LogP contribution < -0.4 is 10.6 Å². The largest absolute Gasteiger partial charge is 0.323 e. The van der Waals surface area contributed by atoms with Gasteiger partial charge in [0, 0.05) is 15.8 Å². The van der Waals surface area contributed by atoms with Gasteiger partial charge in [0.15, 0.2) is 0 Å². The highest BCUT2D eigenvalue weighted by molar-refractivity contribution is 9.10. The predicted molar refractivity (Wildman–Crippen MR) is 83.0 cm³/mol. The molecule has 0 aliphatic heterocycles. The van der Waals surface area contributed by atoms with E-state index in [9.17, 15) is 4.79 Å². The maximum Gasteiger partial charge on any atom is 0.323 e. The van der Waals surface area contributed by atoms with Crippen LogP contribution >= 0.6 is 27.5 Å². The Kier molecular flexibility index (Phi) is 4.45. The van der Waals surface area contributed by atoms with Gasteiger partial charge in [-0.25, -0.2) is 4.79 Å². The van der Waals surface area contributed by atoms with E-state index in [0.29, 0.717) is 10.7 Å². The summed E-state index contributed by atoms with van der Waals surface area (Å²) in [5.41, 5.74) is 2.51. The van der Waals surface area contributed by atoms with Crippen LogP contribution in [0.5, 0.6) is 0 Å². The smallest absolute Gasteiger partial charge is 0.308 e. The summed E-state index contributed by atoms with van der Waals surface area (Å²) in [6.45, 7) is 1.97. The average Bonchev–Trinajstić information content (AvgIpc) is 2.34. The fraction of sp³-hybridized carbons (Fsp3) is 0.0714. The fourth-order valence-electron chi connectivity index (χ4n) is 1.59. The lowest BCUT2D eigenvalue weighted by molar-refractivity contribution is 0.262. The van der Waals surface area contributed by atoms with Crippen LogP contribution in [-0.2, 0) is 0 Å². The highest BCUT2D eigenvalue weighted by Crippen LogP contribution is 2.25. The second kappa shape index (κ2) is 6.08. The van der Waals surface area contributed by atoms with Crippen LogP contribution in [0.15, 0.2) is 46.9 Å². The quantitative estimate of drug-likeness (QED) is 0.789. The predicted octanol–water partition coefficient (Wildman–Crippen LogP) is 5.05. The number of carbonyl (C=O) groups is 1. The zero-order chi connectivity index (χ0) is 13.8. The summed E-state index contributed by atoms with van der Waals surface area (Å²) < 4.78 is 0.738. The van der Waals surface area contributed by atoms with Crippen molar-refractivity contribution >= 4 is 44.9 Å². The first-order valence-electron chi connectivity index (χ1n) is 5.64. The molecule has 0 fully saturated rings. The van der Waals surface area contributed by atoms with Gasteiger partial charge in [-0.2, -0.15) is 0 Å². The number of rotatable bonds is 2. The van der Waals surface area contributed by atoms with Gasteiger partial charge in [-0.3, -0.25) is 0 Å². The van der Waals surface area contributed by atoms with Crippen LogP contribution in [0.1, 0.15) is 5.56 Å². The van der Waals surface area contributed by atoms with Crippen molar-refractivity contribution in [3.8, 4) is 0 Å². The molecule has 2 amide bonds. The first-order valence-corrected chi connectivity index (χ1v) is 6.81. The molecule has 0 heterocycles. The van der Waals surface area contributed by atoms with Crippen molar-refractivity contribution in [3.63, 3.8) is 0 Å². The van der Waals surface area contributed by atoms with Crippen LogP contribution in [0.2, 0.25) is 5.02 Å². The minimum Gasteiger partial charge on any atom is -0.308 e. The molecule has 98 valence electrons. The number of hydrogen-bond donors (Lipinski definition) is 2. The number of urea groups is 1. The second-order valence-electron chi connectivity index (χ2n) is 4.08. The summed E-state index contributed by atoms with van der Waals surface area (Å²) in [4.78, 5) is 11.8. The number of halogens is 2. The van der Waals surface area contributed by atoms with Crippen molar-refractivity contribution < 1.29 is 4.79 Å². The summed E-state index contributed by atoms with van der Waals surface area (Å²) in [5.74, 6) is 0. The van der Waals surface area contributed by atoms with E-state index in [2.05, 4.69) is 26.6 Å². The van der Waals surface area contributed by atoms with Gasteiger partial charge < -0.3 is 10.6 Å². The molecule has 0 unspecified atom stereocenters. The minimum atomic E-state index is -0.292. The highest BCUT2D eigenvalue weighted by atomic mass is 79.9. The minimum absolute atomic E-state index is 0.292. The van der Waals surface area contributed by atoms with E-state index in [1.54, 1.807) is 18.2 Å². The molecule has 0 saturated carbocycles. The third-order valence-corrected chi connectivity index (χ3v) is 3.67. The van der Waals surface area contributed by atoms with Gasteiger partial charge in [-0.05, 0) is 58.7 Å². The van der Waals surface area contributed by atoms with Crippen molar-refractivity contribution in [2.24, 2.45) is 0 Å². The molecule has 0 radical (unpaired) electrons. The molecular formula is C14H12BrClN2O. The zero-order valence-electron chi connectivity index (χ0n) is 10.2. The van der Waals surface area contributed by atoms with Crippen LogP contribution in [0.3, 0.4) is 0 Å². The zero-order valence-corrected chi connectivity index (χ0v) is 12.5. The Balaban J connectivity index is 2.03. The number of anilines is 2. The second-order valence-corrected chi connectivity index (χ2v) is 5.34. The molecule has 19 heavy (non-hydrogen) atoms. The van der Waals surface area contributed by atoms with E-state index in [4.69, 9.17) is 11.6 Å². The van der Waals surface area contributed by atoms with Gasteiger partial charge in [0.25, 0.3) is 0 Å². The standard InChI is InChI=1S/C14H12BrClN2O/c1-9-3-2-4-10(7-9)17-14(19)18-11-5-6-13(16)12(15)8-11/h2-8H,1H3,(H2,17,18,19). The number of aryl methyl sites for hydroxylation is 1. The normalized spacial score (nSPS) is 10.1. The van der Waals surface area contributed by atoms with E-state index < -0.39 is 0 Å². The number of carbonyl (C=O) groups excluding carboxylic acids is 1. The number of nitrogens with one attached hydrogen (secondary N) is 2. The van der Waals surface area contributed by atoms with Crippen molar-refractivity contribution in [2.75, 3.05) is 10.6 Å². The van der Waals surface area contributed by atoms with Crippen LogP contribution in [0.25, 0.3) is 0 Å². The summed E-state index contributed by atoms with van der Waals surface area (Å²) in [6, 6.07) is 12.5. The lowest BCUT2D eigenvalue weighted by Crippen LogP contribution is -2.19. The third-order valence-electron chi connectivity index (χ3n) is 2.45. The average molecular weight is 340 g/mol. The first kappa shape index (κ1) is 13.9. The summed E-state index contributed by atoms with van der Waals surface area (Å²) in [5, 5.41) is 6.11. The molecule has 0 spiro atoms. The van der Waals surface area contributed by atoms with Crippen molar-refractivity contribution in [2.45, 2.75) is 6.92 Å². The molecule has 5 heteroatoms. The van der Waals surface area contributed by atoms with Crippen molar-refractivity contribution in [1.82, 2.24) is 0 Å². The summed E-state index contributed by atoms with van der Waals surface area (Å²) in [7, 11) is 0. The number of hydrogen-bond acceptors (Lipinski definition) is 1. The monoisotopic (exact) mass is 338 g/mol. The lowest BCUT2D eigenvalue weighted by atomic mass is 10.2. The van der Waals surface area contributed by atoms with Gasteiger partial charge in [0.2, 0.25) is 0 Å². The van der Waals surface area contributed by atoms with Crippen LogP contribution in [-0.4, -0.2) is 6.03 Å². The van der Waals surface area contributed by atoms with E-state index in [1.165, 1.54) is 0 Å². The van der Waals surface area contributed by atoms with E-state index in [-0.39, 0.29) is 6.03 Å². The Hall–Kier alpha value is -1.52. The Labute approximate surface area is 125 Å². The lowest BCUT2D eigenvalue weighted by Gasteiger charge is -2.08. The maximum atomic E-state index is 11.8. The highest BCUT2D eigenvalue weighted by Gasteiger charge is 2.04. The molecule has 2 N–H and O–H groups in total. The topological polar surface area (TPSA) is 41.1 Å². The van der Waals surface area contributed by atoms with Gasteiger partial charge in [0.05, 0.1) is 5.02 Å². The Morgan fingerprint density at radius 1 is 1.11 bits per heavy atom. The molecule has 0 aliphatic rings. The Bertz CT molecular complexity index is 616. The van der Waals surface area contributed by atoms with Gasteiger partial charge >= 0.3 is 6.03 Å². The molecule has 2 aromatic carbocycles. The van der Waals surface area contributed by atoms with E-state index in [1.807, 2.05) is 31.2 Å². The Morgan fingerprint density at radius 2 is 1.79 bits per heavy atom. The molecule has 0 aliphatic carbocycles. The van der Waals surface area contributed by atoms with E-state index in [0.717, 1.165) is 15.7 Å².